The van der Waals surface area contributed by atoms with E-state index < -0.39 is 0 Å². The molecule has 2 N–H and O–H groups in total. The Morgan fingerprint density at radius 2 is 2.29 bits per heavy atom. The molecule has 0 aromatic carbocycles. The number of rotatable bonds is 2. The predicted molar refractivity (Wildman–Crippen MR) is 49.6 cm³/mol. The minimum absolute atomic E-state index is 0.178. The summed E-state index contributed by atoms with van der Waals surface area (Å²) in [5.41, 5.74) is 0.559. The van der Waals surface area contributed by atoms with E-state index in [1.807, 2.05) is 6.92 Å². The lowest BCUT2D eigenvalue weighted by Gasteiger charge is -1.98. The Morgan fingerprint density at radius 1 is 1.43 bits per heavy atom. The third kappa shape index (κ3) is 1.54. The third-order valence-electron chi connectivity index (χ3n) is 1.80. The standard InChI is InChI=1S/C8H9N5O/c1-2-5-3-6(14)12-8(11-5)7-9-4-10-13-7/h3-4H,2H2,1H3,(H,9,10,13)(H,11,12,14). The Labute approximate surface area is 79.4 Å². The highest BCUT2D eigenvalue weighted by Gasteiger charge is 2.04. The van der Waals surface area contributed by atoms with Crippen LogP contribution in [0.25, 0.3) is 11.6 Å². The number of nitrogens with zero attached hydrogens (tertiary/aromatic N) is 3. The van der Waals surface area contributed by atoms with Crippen molar-refractivity contribution in [1.82, 2.24) is 25.1 Å². The van der Waals surface area contributed by atoms with Gasteiger partial charge in [0.05, 0.1) is 0 Å². The normalized spacial score (nSPS) is 10.4. The van der Waals surface area contributed by atoms with E-state index in [1.165, 1.54) is 12.4 Å². The van der Waals surface area contributed by atoms with Gasteiger partial charge < -0.3 is 4.98 Å². The number of aromatic amines is 2. The van der Waals surface area contributed by atoms with Crippen LogP contribution in [0.1, 0.15) is 12.6 Å². The predicted octanol–water partition coefficient (Wildman–Crippen LogP) is 0.117. The third-order valence-corrected chi connectivity index (χ3v) is 1.80. The van der Waals surface area contributed by atoms with Gasteiger partial charge in [-0.2, -0.15) is 5.10 Å². The van der Waals surface area contributed by atoms with Crippen LogP contribution in [0.3, 0.4) is 0 Å². The summed E-state index contributed by atoms with van der Waals surface area (Å²) in [5, 5.41) is 6.32. The molecule has 14 heavy (non-hydrogen) atoms. The number of aryl methyl sites for hydroxylation is 1. The fourth-order valence-corrected chi connectivity index (χ4v) is 1.12. The van der Waals surface area contributed by atoms with E-state index in [9.17, 15) is 4.79 Å². The van der Waals surface area contributed by atoms with Crippen molar-refractivity contribution in [3.8, 4) is 11.6 Å². The van der Waals surface area contributed by atoms with Gasteiger partial charge in [-0.05, 0) is 6.42 Å². The Kier molecular flexibility index (Phi) is 2.10. The highest BCUT2D eigenvalue weighted by atomic mass is 16.1. The molecule has 0 amide bonds. The molecule has 0 fully saturated rings. The molecule has 0 atom stereocenters. The maximum atomic E-state index is 11.2. The first-order valence-corrected chi connectivity index (χ1v) is 4.25. The van der Waals surface area contributed by atoms with Gasteiger partial charge in [0.15, 0.2) is 11.6 Å². The summed E-state index contributed by atoms with van der Waals surface area (Å²) in [7, 11) is 0. The molecule has 72 valence electrons. The zero-order chi connectivity index (χ0) is 9.97. The zero-order valence-corrected chi connectivity index (χ0v) is 7.61. The Hall–Kier alpha value is -1.98. The van der Waals surface area contributed by atoms with Crippen molar-refractivity contribution >= 4 is 0 Å². The summed E-state index contributed by atoms with van der Waals surface area (Å²) < 4.78 is 0. The van der Waals surface area contributed by atoms with Crippen LogP contribution in [0, 0.1) is 0 Å². The van der Waals surface area contributed by atoms with Gasteiger partial charge in [0.25, 0.3) is 5.56 Å². The molecule has 0 bridgehead atoms. The molecule has 0 aliphatic heterocycles. The van der Waals surface area contributed by atoms with Crippen LogP contribution >= 0.6 is 0 Å². The summed E-state index contributed by atoms with van der Waals surface area (Å²) in [6.45, 7) is 1.94. The number of hydrogen-bond acceptors (Lipinski definition) is 4. The summed E-state index contributed by atoms with van der Waals surface area (Å²) in [6.07, 6.45) is 2.08. The molecular formula is C8H9N5O. The maximum absolute atomic E-state index is 11.2. The lowest BCUT2D eigenvalue weighted by atomic mass is 10.3. The smallest absolute Gasteiger partial charge is 0.251 e. The summed E-state index contributed by atoms with van der Waals surface area (Å²) in [4.78, 5) is 21.9. The number of nitrogens with one attached hydrogen (secondary N) is 2. The van der Waals surface area contributed by atoms with Crippen molar-refractivity contribution in [2.75, 3.05) is 0 Å². The largest absolute Gasteiger partial charge is 0.304 e. The number of H-pyrrole nitrogens is 2. The summed E-state index contributed by atoms with van der Waals surface area (Å²) >= 11 is 0. The molecule has 0 spiro atoms. The minimum atomic E-state index is -0.178. The van der Waals surface area contributed by atoms with Gasteiger partial charge >= 0.3 is 0 Å². The highest BCUT2D eigenvalue weighted by Crippen LogP contribution is 2.04. The van der Waals surface area contributed by atoms with E-state index >= 15 is 0 Å². The van der Waals surface area contributed by atoms with Crippen LogP contribution in [-0.2, 0) is 6.42 Å². The second-order valence-corrected chi connectivity index (χ2v) is 2.77. The van der Waals surface area contributed by atoms with E-state index in [2.05, 4.69) is 25.1 Å². The molecule has 0 saturated carbocycles. The fourth-order valence-electron chi connectivity index (χ4n) is 1.12. The van der Waals surface area contributed by atoms with Gasteiger partial charge in [0, 0.05) is 11.8 Å². The van der Waals surface area contributed by atoms with Crippen molar-refractivity contribution in [2.24, 2.45) is 0 Å². The lowest BCUT2D eigenvalue weighted by Crippen LogP contribution is -2.10. The second-order valence-electron chi connectivity index (χ2n) is 2.77. The first-order valence-electron chi connectivity index (χ1n) is 4.25. The first kappa shape index (κ1) is 8.61. The van der Waals surface area contributed by atoms with Crippen molar-refractivity contribution in [1.29, 1.82) is 0 Å². The zero-order valence-electron chi connectivity index (χ0n) is 7.61. The van der Waals surface area contributed by atoms with Crippen LogP contribution in [-0.4, -0.2) is 25.1 Å². The summed E-state index contributed by atoms with van der Waals surface area (Å²) in [5.74, 6) is 0.893. The molecule has 0 aliphatic carbocycles. The van der Waals surface area contributed by atoms with Gasteiger partial charge in [-0.1, -0.05) is 6.92 Å². The van der Waals surface area contributed by atoms with Gasteiger partial charge in [0.2, 0.25) is 0 Å². The van der Waals surface area contributed by atoms with Gasteiger partial charge in [-0.3, -0.25) is 9.89 Å². The number of hydrogen-bond donors (Lipinski definition) is 2. The summed E-state index contributed by atoms with van der Waals surface area (Å²) in [6, 6.07) is 1.47. The molecule has 0 unspecified atom stereocenters. The monoisotopic (exact) mass is 191 g/mol. The molecule has 2 rings (SSSR count). The lowest BCUT2D eigenvalue weighted by molar-refractivity contribution is 0.967. The molecular weight excluding hydrogens is 182 g/mol. The topological polar surface area (TPSA) is 87.3 Å². The second kappa shape index (κ2) is 3.41. The molecule has 0 radical (unpaired) electrons. The van der Waals surface area contributed by atoms with Crippen LogP contribution < -0.4 is 5.56 Å². The number of aromatic nitrogens is 5. The van der Waals surface area contributed by atoms with Crippen molar-refractivity contribution in [3.63, 3.8) is 0 Å². The average Bonchev–Trinajstić information content (AvgIpc) is 2.69. The molecule has 0 aliphatic rings. The Balaban J connectivity index is 2.54. The van der Waals surface area contributed by atoms with Crippen molar-refractivity contribution in [3.05, 3.63) is 28.4 Å². The Morgan fingerprint density at radius 3 is 2.93 bits per heavy atom. The van der Waals surface area contributed by atoms with Crippen LogP contribution in [0.4, 0.5) is 0 Å². The minimum Gasteiger partial charge on any atom is -0.304 e. The van der Waals surface area contributed by atoms with Gasteiger partial charge in [-0.15, -0.1) is 0 Å². The van der Waals surface area contributed by atoms with E-state index in [-0.39, 0.29) is 5.56 Å². The molecule has 2 aromatic rings. The van der Waals surface area contributed by atoms with E-state index in [4.69, 9.17) is 0 Å². The van der Waals surface area contributed by atoms with Crippen LogP contribution in [0.2, 0.25) is 0 Å². The van der Waals surface area contributed by atoms with Gasteiger partial charge in [0.1, 0.15) is 6.33 Å². The maximum Gasteiger partial charge on any atom is 0.251 e. The van der Waals surface area contributed by atoms with Gasteiger partial charge in [-0.25, -0.2) is 9.97 Å². The molecule has 0 saturated heterocycles. The SMILES string of the molecule is CCc1cc(=O)[nH]c(-c2ncn[nH]2)n1. The van der Waals surface area contributed by atoms with Crippen molar-refractivity contribution < 1.29 is 0 Å². The van der Waals surface area contributed by atoms with E-state index in [1.54, 1.807) is 0 Å². The van der Waals surface area contributed by atoms with Crippen LogP contribution in [0.15, 0.2) is 17.2 Å². The molecule has 2 heterocycles. The first-order chi connectivity index (χ1) is 6.79. The van der Waals surface area contributed by atoms with Crippen molar-refractivity contribution in [2.45, 2.75) is 13.3 Å². The fraction of sp³-hybridized carbons (Fsp3) is 0.250. The Bertz CT molecular complexity index is 473. The van der Waals surface area contributed by atoms with E-state index in [0.29, 0.717) is 18.1 Å². The van der Waals surface area contributed by atoms with Crippen LogP contribution in [0.5, 0.6) is 0 Å². The quantitative estimate of drug-likeness (QED) is 0.705. The molecule has 2 aromatic heterocycles. The average molecular weight is 191 g/mol. The molecule has 6 heteroatoms. The van der Waals surface area contributed by atoms with E-state index in [0.717, 1.165) is 5.69 Å². The highest BCUT2D eigenvalue weighted by molar-refractivity contribution is 5.40. The molecule has 6 nitrogen and oxygen atoms in total.